The van der Waals surface area contributed by atoms with Crippen LogP contribution in [0.3, 0.4) is 0 Å². The Morgan fingerprint density at radius 1 is 1.14 bits per heavy atom. The summed E-state index contributed by atoms with van der Waals surface area (Å²) in [7, 11) is 2.98. The molecule has 5 heteroatoms. The van der Waals surface area contributed by atoms with Crippen molar-refractivity contribution in [1.29, 1.82) is 0 Å². The zero-order valence-corrected chi connectivity index (χ0v) is 11.7. The number of hydrogen-bond acceptors (Lipinski definition) is 3. The maximum absolute atomic E-state index is 13.6. The molecule has 0 aromatic heterocycles. The van der Waals surface area contributed by atoms with E-state index in [1.54, 1.807) is 31.3 Å². The Balaban J connectivity index is 2.27. The van der Waals surface area contributed by atoms with Crippen LogP contribution in [0.4, 0.5) is 10.1 Å². The molecular weight excluding hydrogens is 273 g/mol. The van der Waals surface area contributed by atoms with Gasteiger partial charge in [-0.25, -0.2) is 4.39 Å². The van der Waals surface area contributed by atoms with E-state index in [4.69, 9.17) is 4.74 Å². The number of methoxy groups -OCH3 is 1. The van der Waals surface area contributed by atoms with Crippen molar-refractivity contribution in [2.45, 2.75) is 0 Å². The number of amides is 1. The second-order valence-corrected chi connectivity index (χ2v) is 4.44. The number of carbonyl (C=O) groups excluding carboxylic acids is 2. The maximum Gasteiger partial charge on any atom is 0.213 e. The topological polar surface area (TPSA) is 46.6 Å². The summed E-state index contributed by atoms with van der Waals surface area (Å²) in [6.45, 7) is 0. The predicted octanol–water partition coefficient (Wildman–Crippen LogP) is 2.66. The van der Waals surface area contributed by atoms with Crippen LogP contribution in [0.25, 0.3) is 0 Å². The maximum atomic E-state index is 13.6. The van der Waals surface area contributed by atoms with Crippen molar-refractivity contribution in [3.63, 3.8) is 0 Å². The largest absolute Gasteiger partial charge is 0.494 e. The molecule has 0 saturated carbocycles. The summed E-state index contributed by atoms with van der Waals surface area (Å²) in [5.74, 6) is -0.785. The van der Waals surface area contributed by atoms with Gasteiger partial charge in [0.1, 0.15) is 0 Å². The second kappa shape index (κ2) is 6.17. The standard InChI is InChI=1S/C16H14FNO3/c1-18(10-19)13-6-3-11(4-7-13)16(20)12-5-8-15(21-2)14(17)9-12/h3-10H,1-2H3. The number of rotatable bonds is 5. The third-order valence-corrected chi connectivity index (χ3v) is 3.11. The molecule has 0 unspecified atom stereocenters. The van der Waals surface area contributed by atoms with Gasteiger partial charge in [0.2, 0.25) is 6.41 Å². The number of nitrogens with zero attached hydrogens (tertiary/aromatic N) is 1. The normalized spacial score (nSPS) is 10.0. The second-order valence-electron chi connectivity index (χ2n) is 4.44. The van der Waals surface area contributed by atoms with E-state index in [-0.39, 0.29) is 17.1 Å². The number of benzene rings is 2. The molecule has 0 aliphatic heterocycles. The highest BCUT2D eigenvalue weighted by atomic mass is 19.1. The third-order valence-electron chi connectivity index (χ3n) is 3.11. The molecule has 0 heterocycles. The van der Waals surface area contributed by atoms with Gasteiger partial charge < -0.3 is 9.64 Å². The third kappa shape index (κ3) is 3.08. The molecule has 0 spiro atoms. The van der Waals surface area contributed by atoms with Gasteiger partial charge in [0.05, 0.1) is 7.11 Å². The van der Waals surface area contributed by atoms with Crippen LogP contribution in [-0.4, -0.2) is 26.4 Å². The van der Waals surface area contributed by atoms with Crippen molar-refractivity contribution >= 4 is 17.9 Å². The highest BCUT2D eigenvalue weighted by Crippen LogP contribution is 2.21. The molecule has 4 nitrogen and oxygen atoms in total. The van der Waals surface area contributed by atoms with E-state index in [1.807, 2.05) is 0 Å². The molecule has 0 aliphatic rings. The molecule has 2 rings (SSSR count). The van der Waals surface area contributed by atoms with Crippen LogP contribution in [0, 0.1) is 5.82 Å². The lowest BCUT2D eigenvalue weighted by atomic mass is 10.0. The van der Waals surface area contributed by atoms with Crippen LogP contribution in [0.5, 0.6) is 5.75 Å². The molecule has 0 atom stereocenters. The Bertz CT molecular complexity index is 668. The quantitative estimate of drug-likeness (QED) is 0.627. The van der Waals surface area contributed by atoms with E-state index >= 15 is 0 Å². The van der Waals surface area contributed by atoms with Crippen molar-refractivity contribution < 1.29 is 18.7 Å². The summed E-state index contributed by atoms with van der Waals surface area (Å²) in [6.07, 6.45) is 0.676. The zero-order valence-electron chi connectivity index (χ0n) is 11.7. The van der Waals surface area contributed by atoms with Gasteiger partial charge in [-0.1, -0.05) is 0 Å². The van der Waals surface area contributed by atoms with Crippen molar-refractivity contribution in [3.05, 3.63) is 59.4 Å². The Labute approximate surface area is 121 Å². The molecular formula is C16H14FNO3. The molecule has 0 radical (unpaired) electrons. The Morgan fingerprint density at radius 2 is 1.76 bits per heavy atom. The SMILES string of the molecule is COc1ccc(C(=O)c2ccc(N(C)C=O)cc2)cc1F. The number of hydrogen-bond donors (Lipinski definition) is 0. The lowest BCUT2D eigenvalue weighted by Crippen LogP contribution is -2.13. The number of halogens is 1. The van der Waals surface area contributed by atoms with Gasteiger partial charge in [0, 0.05) is 23.9 Å². The number of ether oxygens (including phenoxy) is 1. The van der Waals surface area contributed by atoms with Crippen molar-refractivity contribution in [2.24, 2.45) is 0 Å². The highest BCUT2D eigenvalue weighted by Gasteiger charge is 2.12. The first-order chi connectivity index (χ1) is 10.1. The number of anilines is 1. The van der Waals surface area contributed by atoms with Gasteiger partial charge in [-0.2, -0.15) is 0 Å². The fourth-order valence-electron chi connectivity index (χ4n) is 1.88. The molecule has 0 bridgehead atoms. The minimum absolute atomic E-state index is 0.0921. The van der Waals surface area contributed by atoms with Crippen molar-refractivity contribution in [1.82, 2.24) is 0 Å². The molecule has 0 N–H and O–H groups in total. The molecule has 0 saturated heterocycles. The molecule has 21 heavy (non-hydrogen) atoms. The van der Waals surface area contributed by atoms with E-state index in [9.17, 15) is 14.0 Å². The molecule has 0 aliphatic carbocycles. The lowest BCUT2D eigenvalue weighted by Gasteiger charge is -2.11. The van der Waals surface area contributed by atoms with Crippen LogP contribution >= 0.6 is 0 Å². The summed E-state index contributed by atoms with van der Waals surface area (Å²) >= 11 is 0. The fraction of sp³-hybridized carbons (Fsp3) is 0.125. The fourth-order valence-corrected chi connectivity index (χ4v) is 1.88. The van der Waals surface area contributed by atoms with E-state index in [1.165, 1.54) is 24.1 Å². The molecule has 108 valence electrons. The summed E-state index contributed by atoms with van der Waals surface area (Å²) < 4.78 is 18.4. The molecule has 0 fully saturated rings. The van der Waals surface area contributed by atoms with Crippen LogP contribution in [0.15, 0.2) is 42.5 Å². The average Bonchev–Trinajstić information content (AvgIpc) is 2.53. The Hall–Kier alpha value is -2.69. The summed E-state index contributed by atoms with van der Waals surface area (Å²) in [6, 6.07) is 10.6. The van der Waals surface area contributed by atoms with Gasteiger partial charge in [0.15, 0.2) is 17.3 Å². The molecule has 1 amide bonds. The van der Waals surface area contributed by atoms with Crippen LogP contribution in [-0.2, 0) is 4.79 Å². The first-order valence-corrected chi connectivity index (χ1v) is 6.23. The Morgan fingerprint density at radius 3 is 2.29 bits per heavy atom. The van der Waals surface area contributed by atoms with Gasteiger partial charge >= 0.3 is 0 Å². The van der Waals surface area contributed by atoms with Gasteiger partial charge in [-0.15, -0.1) is 0 Å². The van der Waals surface area contributed by atoms with E-state index in [0.29, 0.717) is 17.7 Å². The Kier molecular flexibility index (Phi) is 4.33. The van der Waals surface area contributed by atoms with Crippen molar-refractivity contribution in [2.75, 3.05) is 19.1 Å². The average molecular weight is 287 g/mol. The van der Waals surface area contributed by atoms with Crippen LogP contribution in [0.2, 0.25) is 0 Å². The van der Waals surface area contributed by atoms with E-state index in [0.717, 1.165) is 6.07 Å². The summed E-state index contributed by atoms with van der Waals surface area (Å²) in [5, 5.41) is 0. The van der Waals surface area contributed by atoms with Gasteiger partial charge in [0.25, 0.3) is 0 Å². The van der Waals surface area contributed by atoms with Gasteiger partial charge in [-0.3, -0.25) is 9.59 Å². The molecule has 2 aromatic rings. The zero-order chi connectivity index (χ0) is 15.4. The smallest absolute Gasteiger partial charge is 0.213 e. The van der Waals surface area contributed by atoms with E-state index < -0.39 is 5.82 Å². The van der Waals surface area contributed by atoms with Crippen molar-refractivity contribution in [3.8, 4) is 5.75 Å². The molecule has 2 aromatic carbocycles. The number of carbonyl (C=O) groups is 2. The van der Waals surface area contributed by atoms with Gasteiger partial charge in [-0.05, 0) is 42.5 Å². The summed E-state index contributed by atoms with van der Waals surface area (Å²) in [4.78, 5) is 24.3. The minimum atomic E-state index is -0.583. The monoisotopic (exact) mass is 287 g/mol. The highest BCUT2D eigenvalue weighted by molar-refractivity contribution is 6.09. The number of ketones is 1. The lowest BCUT2D eigenvalue weighted by molar-refractivity contribution is -0.107. The predicted molar refractivity (Wildman–Crippen MR) is 77.3 cm³/mol. The van der Waals surface area contributed by atoms with Crippen LogP contribution < -0.4 is 9.64 Å². The summed E-state index contributed by atoms with van der Waals surface area (Å²) in [5.41, 5.74) is 1.33. The minimum Gasteiger partial charge on any atom is -0.494 e. The first-order valence-electron chi connectivity index (χ1n) is 6.23. The van der Waals surface area contributed by atoms with E-state index in [2.05, 4.69) is 0 Å². The first kappa shape index (κ1) is 14.7. The van der Waals surface area contributed by atoms with Crippen LogP contribution in [0.1, 0.15) is 15.9 Å².